The topological polar surface area (TPSA) is 44.1 Å². The Morgan fingerprint density at radius 2 is 1.96 bits per heavy atom. The van der Waals surface area contributed by atoms with Gasteiger partial charge in [0.25, 0.3) is 5.56 Å². The molecule has 0 radical (unpaired) electrons. The summed E-state index contributed by atoms with van der Waals surface area (Å²) in [7, 11) is 1.81. The number of benzene rings is 1. The fraction of sp³-hybridized carbons (Fsp3) is 0.429. The van der Waals surface area contributed by atoms with E-state index in [1.165, 1.54) is 0 Å². The lowest BCUT2D eigenvalue weighted by atomic mass is 10.0. The largest absolute Gasteiger partial charge is 0.493 e. The molecule has 0 amide bonds. The Hall–Kier alpha value is -2.36. The zero-order valence-corrected chi connectivity index (χ0v) is 15.7. The number of rotatable bonds is 5. The van der Waals surface area contributed by atoms with E-state index in [2.05, 4.69) is 31.8 Å². The predicted molar refractivity (Wildman–Crippen MR) is 104 cm³/mol. The Morgan fingerprint density at radius 3 is 2.68 bits per heavy atom. The average molecular weight is 338 g/mol. The molecular formula is C21H26N2O2. The monoisotopic (exact) mass is 338 g/mol. The summed E-state index contributed by atoms with van der Waals surface area (Å²) in [6.07, 6.45) is 3.96. The van der Waals surface area contributed by atoms with Crippen LogP contribution in [0.2, 0.25) is 0 Å². The molecule has 3 aromatic rings. The van der Waals surface area contributed by atoms with Crippen molar-refractivity contribution in [3.63, 3.8) is 0 Å². The van der Waals surface area contributed by atoms with Crippen LogP contribution in [0.5, 0.6) is 5.75 Å². The highest BCUT2D eigenvalue weighted by atomic mass is 16.5. The molecule has 0 aliphatic carbocycles. The first kappa shape index (κ1) is 17.5. The number of hydrogen-bond donors (Lipinski definition) is 0. The molecule has 0 saturated heterocycles. The molecule has 0 aliphatic rings. The molecule has 4 nitrogen and oxygen atoms in total. The summed E-state index contributed by atoms with van der Waals surface area (Å²) in [5, 5.41) is 2.72. The van der Waals surface area contributed by atoms with E-state index < -0.39 is 0 Å². The van der Waals surface area contributed by atoms with Crippen LogP contribution in [-0.2, 0) is 7.05 Å². The van der Waals surface area contributed by atoms with Gasteiger partial charge in [0.2, 0.25) is 0 Å². The van der Waals surface area contributed by atoms with Crippen molar-refractivity contribution < 1.29 is 4.74 Å². The fourth-order valence-corrected chi connectivity index (χ4v) is 3.34. The van der Waals surface area contributed by atoms with Crippen LogP contribution in [0, 0.1) is 19.8 Å². The molecule has 0 spiro atoms. The summed E-state index contributed by atoms with van der Waals surface area (Å²) in [6, 6.07) is 6.04. The number of fused-ring (bicyclic) bond motifs is 3. The minimum atomic E-state index is -0.0114. The second-order valence-corrected chi connectivity index (χ2v) is 7.20. The van der Waals surface area contributed by atoms with Gasteiger partial charge in [-0.1, -0.05) is 13.8 Å². The normalized spacial score (nSPS) is 11.6. The van der Waals surface area contributed by atoms with E-state index in [0.29, 0.717) is 17.9 Å². The van der Waals surface area contributed by atoms with Crippen LogP contribution in [0.15, 0.2) is 29.2 Å². The maximum Gasteiger partial charge on any atom is 0.260 e. The van der Waals surface area contributed by atoms with Crippen molar-refractivity contribution in [3.8, 4) is 5.75 Å². The Morgan fingerprint density at radius 1 is 1.20 bits per heavy atom. The van der Waals surface area contributed by atoms with Crippen LogP contribution in [0.1, 0.15) is 37.9 Å². The first-order valence-corrected chi connectivity index (χ1v) is 8.91. The van der Waals surface area contributed by atoms with E-state index in [1.54, 1.807) is 10.8 Å². The summed E-state index contributed by atoms with van der Waals surface area (Å²) >= 11 is 0. The van der Waals surface area contributed by atoms with Gasteiger partial charge >= 0.3 is 0 Å². The van der Waals surface area contributed by atoms with Gasteiger partial charge in [-0.3, -0.25) is 9.78 Å². The molecule has 0 N–H and O–H groups in total. The maximum atomic E-state index is 12.8. The van der Waals surface area contributed by atoms with Gasteiger partial charge in [-0.2, -0.15) is 0 Å². The molecule has 0 bridgehead atoms. The Bertz CT molecular complexity index is 987. The second-order valence-electron chi connectivity index (χ2n) is 7.20. The number of pyridine rings is 2. The van der Waals surface area contributed by atoms with Crippen molar-refractivity contribution in [2.24, 2.45) is 13.0 Å². The zero-order valence-electron chi connectivity index (χ0n) is 15.7. The lowest BCUT2D eigenvalue weighted by Crippen LogP contribution is -2.18. The minimum Gasteiger partial charge on any atom is -0.493 e. The van der Waals surface area contributed by atoms with Crippen LogP contribution in [0.4, 0.5) is 0 Å². The smallest absolute Gasteiger partial charge is 0.260 e. The van der Waals surface area contributed by atoms with Gasteiger partial charge in [-0.05, 0) is 55.7 Å². The van der Waals surface area contributed by atoms with E-state index >= 15 is 0 Å². The highest BCUT2D eigenvalue weighted by Gasteiger charge is 2.13. The van der Waals surface area contributed by atoms with Crippen molar-refractivity contribution >= 4 is 21.7 Å². The van der Waals surface area contributed by atoms with Gasteiger partial charge in [0.1, 0.15) is 5.75 Å². The van der Waals surface area contributed by atoms with E-state index in [1.807, 2.05) is 26.1 Å². The van der Waals surface area contributed by atoms with Crippen LogP contribution < -0.4 is 10.3 Å². The summed E-state index contributed by atoms with van der Waals surface area (Å²) in [5.74, 6) is 1.54. The number of aromatic nitrogens is 2. The molecule has 0 fully saturated rings. The second kappa shape index (κ2) is 6.87. The molecule has 3 rings (SSSR count). The van der Waals surface area contributed by atoms with Crippen molar-refractivity contribution in [2.45, 2.75) is 40.5 Å². The third kappa shape index (κ3) is 3.26. The summed E-state index contributed by atoms with van der Waals surface area (Å²) in [6.45, 7) is 9.09. The Kier molecular flexibility index (Phi) is 4.80. The van der Waals surface area contributed by atoms with Crippen molar-refractivity contribution in [1.29, 1.82) is 0 Å². The molecule has 4 heteroatoms. The molecule has 0 aliphatic heterocycles. The number of ether oxygens (including phenoxy) is 1. The summed E-state index contributed by atoms with van der Waals surface area (Å²) in [5.41, 5.74) is 2.74. The Labute approximate surface area is 148 Å². The van der Waals surface area contributed by atoms with Gasteiger partial charge < -0.3 is 9.30 Å². The molecule has 0 saturated carbocycles. The predicted octanol–water partition coefficient (Wildman–Crippen LogP) is 4.52. The molecule has 0 unspecified atom stereocenters. The zero-order chi connectivity index (χ0) is 18.1. The first-order valence-electron chi connectivity index (χ1n) is 8.91. The average Bonchev–Trinajstić information content (AvgIpc) is 2.57. The number of aryl methyl sites for hydroxylation is 3. The molecule has 25 heavy (non-hydrogen) atoms. The van der Waals surface area contributed by atoms with Crippen molar-refractivity contribution in [1.82, 2.24) is 9.55 Å². The van der Waals surface area contributed by atoms with Crippen LogP contribution in [0.25, 0.3) is 21.7 Å². The molecule has 132 valence electrons. The van der Waals surface area contributed by atoms with Crippen molar-refractivity contribution in [2.75, 3.05) is 6.61 Å². The molecular weight excluding hydrogens is 312 g/mol. The van der Waals surface area contributed by atoms with Crippen LogP contribution >= 0.6 is 0 Å². The first-order chi connectivity index (χ1) is 11.9. The lowest BCUT2D eigenvalue weighted by Gasteiger charge is -2.15. The van der Waals surface area contributed by atoms with Gasteiger partial charge in [0, 0.05) is 24.7 Å². The lowest BCUT2D eigenvalue weighted by molar-refractivity contribution is 0.296. The van der Waals surface area contributed by atoms with Gasteiger partial charge in [-0.15, -0.1) is 0 Å². The maximum absolute atomic E-state index is 12.8. The fourth-order valence-electron chi connectivity index (χ4n) is 3.34. The molecule has 1 aromatic carbocycles. The standard InChI is InChI=1S/C21H26N2O2/c1-13(2)7-6-10-25-19-12-18-17(11-14(19)3)16-8-9-22-15(4)20(16)21(24)23(18)5/h8-9,11-13H,6-7,10H2,1-5H3. The highest BCUT2D eigenvalue weighted by Crippen LogP contribution is 2.30. The van der Waals surface area contributed by atoms with E-state index in [-0.39, 0.29) is 5.56 Å². The highest BCUT2D eigenvalue weighted by molar-refractivity contribution is 6.06. The molecule has 2 heterocycles. The number of hydrogen-bond acceptors (Lipinski definition) is 3. The van der Waals surface area contributed by atoms with E-state index in [0.717, 1.165) is 46.1 Å². The quantitative estimate of drug-likeness (QED) is 0.507. The van der Waals surface area contributed by atoms with Crippen LogP contribution in [0.3, 0.4) is 0 Å². The third-order valence-corrected chi connectivity index (χ3v) is 4.79. The SMILES string of the molecule is Cc1cc2c3ccnc(C)c3c(=O)n(C)c2cc1OCCCC(C)C. The number of nitrogens with zero attached hydrogens (tertiary/aromatic N) is 2. The van der Waals surface area contributed by atoms with Gasteiger partial charge in [-0.25, -0.2) is 0 Å². The minimum absolute atomic E-state index is 0.0114. The van der Waals surface area contributed by atoms with Crippen LogP contribution in [-0.4, -0.2) is 16.2 Å². The molecule has 2 aromatic heterocycles. The summed E-state index contributed by atoms with van der Waals surface area (Å²) < 4.78 is 7.70. The van der Waals surface area contributed by atoms with E-state index in [4.69, 9.17) is 4.74 Å². The third-order valence-electron chi connectivity index (χ3n) is 4.79. The van der Waals surface area contributed by atoms with Gasteiger partial charge in [0.15, 0.2) is 0 Å². The summed E-state index contributed by atoms with van der Waals surface area (Å²) in [4.78, 5) is 17.1. The van der Waals surface area contributed by atoms with Gasteiger partial charge in [0.05, 0.1) is 23.2 Å². The Balaban J connectivity index is 2.10. The van der Waals surface area contributed by atoms with E-state index in [9.17, 15) is 4.79 Å². The molecule has 0 atom stereocenters. The van der Waals surface area contributed by atoms with Crippen molar-refractivity contribution in [3.05, 3.63) is 46.0 Å².